The Kier molecular flexibility index (Phi) is 3.68. The largest absolute Gasteiger partial charge is 0.274 e. The Morgan fingerprint density at radius 1 is 0.567 bits per heavy atom. The van der Waals surface area contributed by atoms with Gasteiger partial charge in [0.05, 0.1) is 5.52 Å². The lowest BCUT2D eigenvalue weighted by atomic mass is 10.0. The molecule has 2 heterocycles. The van der Waals surface area contributed by atoms with Gasteiger partial charge in [0, 0.05) is 16.3 Å². The first-order valence-electron chi connectivity index (χ1n) is 10.1. The predicted molar refractivity (Wildman–Crippen MR) is 124 cm³/mol. The number of pyridine rings is 1. The SMILES string of the molecule is Cc1cccc(-c2cccc(-c3nnc4c5ccccc5c5ccccc5n34)c2)c1. The molecule has 0 aliphatic carbocycles. The first-order valence-corrected chi connectivity index (χ1v) is 10.1. The molecule has 0 bridgehead atoms. The van der Waals surface area contributed by atoms with E-state index in [4.69, 9.17) is 0 Å². The van der Waals surface area contributed by atoms with E-state index < -0.39 is 0 Å². The van der Waals surface area contributed by atoms with Crippen LogP contribution >= 0.6 is 0 Å². The molecule has 0 saturated heterocycles. The average Bonchev–Trinajstić information content (AvgIpc) is 3.25. The van der Waals surface area contributed by atoms with Gasteiger partial charge in [-0.05, 0) is 35.6 Å². The summed E-state index contributed by atoms with van der Waals surface area (Å²) in [5, 5.41) is 12.8. The van der Waals surface area contributed by atoms with Crippen molar-refractivity contribution in [1.82, 2.24) is 14.6 Å². The van der Waals surface area contributed by atoms with E-state index in [1.807, 2.05) is 0 Å². The highest BCUT2D eigenvalue weighted by Crippen LogP contribution is 2.33. The van der Waals surface area contributed by atoms with E-state index in [2.05, 4.69) is 119 Å². The molecule has 30 heavy (non-hydrogen) atoms. The summed E-state index contributed by atoms with van der Waals surface area (Å²) >= 11 is 0. The fourth-order valence-corrected chi connectivity index (χ4v) is 4.35. The molecule has 0 N–H and O–H groups in total. The van der Waals surface area contributed by atoms with Crippen molar-refractivity contribution in [3.05, 3.63) is 103 Å². The van der Waals surface area contributed by atoms with Crippen LogP contribution in [-0.4, -0.2) is 14.6 Å². The van der Waals surface area contributed by atoms with Gasteiger partial charge < -0.3 is 0 Å². The fraction of sp³-hybridized carbons (Fsp3) is 0.0370. The summed E-state index contributed by atoms with van der Waals surface area (Å²) in [6.45, 7) is 2.12. The summed E-state index contributed by atoms with van der Waals surface area (Å²) in [6, 6.07) is 34.0. The van der Waals surface area contributed by atoms with Crippen LogP contribution in [0.4, 0.5) is 0 Å². The normalized spacial score (nSPS) is 11.5. The van der Waals surface area contributed by atoms with Crippen molar-refractivity contribution in [2.75, 3.05) is 0 Å². The zero-order valence-electron chi connectivity index (χ0n) is 16.6. The number of aryl methyl sites for hydroxylation is 1. The van der Waals surface area contributed by atoms with Gasteiger partial charge in [-0.15, -0.1) is 10.2 Å². The van der Waals surface area contributed by atoms with E-state index in [0.29, 0.717) is 0 Å². The number of rotatable bonds is 2. The number of nitrogens with zero attached hydrogens (tertiary/aromatic N) is 3. The molecule has 2 aromatic heterocycles. The van der Waals surface area contributed by atoms with E-state index in [9.17, 15) is 0 Å². The Bertz CT molecular complexity index is 1560. The molecule has 0 aliphatic rings. The van der Waals surface area contributed by atoms with Crippen LogP contribution in [0.2, 0.25) is 0 Å². The first-order chi connectivity index (χ1) is 14.8. The monoisotopic (exact) mass is 385 g/mol. The van der Waals surface area contributed by atoms with Crippen LogP contribution in [0.25, 0.3) is 49.8 Å². The van der Waals surface area contributed by atoms with Gasteiger partial charge in [0.15, 0.2) is 11.5 Å². The molecule has 4 aromatic carbocycles. The second-order valence-electron chi connectivity index (χ2n) is 7.70. The van der Waals surface area contributed by atoms with Gasteiger partial charge in [-0.3, -0.25) is 4.40 Å². The summed E-state index contributed by atoms with van der Waals surface area (Å²) in [6.07, 6.45) is 0. The van der Waals surface area contributed by atoms with Crippen molar-refractivity contribution in [3.63, 3.8) is 0 Å². The maximum absolute atomic E-state index is 4.63. The molecule has 3 heteroatoms. The van der Waals surface area contributed by atoms with Crippen molar-refractivity contribution in [2.45, 2.75) is 6.92 Å². The van der Waals surface area contributed by atoms with Crippen LogP contribution in [0.3, 0.4) is 0 Å². The third-order valence-electron chi connectivity index (χ3n) is 5.74. The van der Waals surface area contributed by atoms with E-state index >= 15 is 0 Å². The Morgan fingerprint density at radius 2 is 1.23 bits per heavy atom. The lowest BCUT2D eigenvalue weighted by molar-refractivity contribution is 1.12. The van der Waals surface area contributed by atoms with Crippen molar-refractivity contribution in [1.29, 1.82) is 0 Å². The number of hydrogen-bond donors (Lipinski definition) is 0. The van der Waals surface area contributed by atoms with Gasteiger partial charge in [-0.1, -0.05) is 90.5 Å². The topological polar surface area (TPSA) is 30.2 Å². The Labute approximate surface area is 174 Å². The Balaban J connectivity index is 1.66. The van der Waals surface area contributed by atoms with Gasteiger partial charge >= 0.3 is 0 Å². The van der Waals surface area contributed by atoms with Crippen molar-refractivity contribution >= 4 is 27.3 Å². The third-order valence-corrected chi connectivity index (χ3v) is 5.74. The fourth-order valence-electron chi connectivity index (χ4n) is 4.35. The van der Waals surface area contributed by atoms with E-state index in [1.54, 1.807) is 0 Å². The lowest BCUT2D eigenvalue weighted by Crippen LogP contribution is -1.94. The van der Waals surface area contributed by atoms with E-state index in [0.717, 1.165) is 27.9 Å². The second kappa shape index (κ2) is 6.53. The minimum Gasteiger partial charge on any atom is -0.274 e. The molecule has 0 amide bonds. The third kappa shape index (κ3) is 2.52. The minimum atomic E-state index is 0.862. The summed E-state index contributed by atoms with van der Waals surface area (Å²) in [4.78, 5) is 0. The summed E-state index contributed by atoms with van der Waals surface area (Å²) < 4.78 is 2.19. The van der Waals surface area contributed by atoms with E-state index in [1.165, 1.54) is 27.5 Å². The summed E-state index contributed by atoms with van der Waals surface area (Å²) in [7, 11) is 0. The zero-order valence-corrected chi connectivity index (χ0v) is 16.6. The van der Waals surface area contributed by atoms with Crippen LogP contribution in [0.1, 0.15) is 5.56 Å². The molecule has 0 fully saturated rings. The number of aromatic nitrogens is 3. The molecular formula is C27H19N3. The van der Waals surface area contributed by atoms with Gasteiger partial charge in [0.25, 0.3) is 0 Å². The summed E-state index contributed by atoms with van der Waals surface area (Å²) in [5.74, 6) is 0.862. The van der Waals surface area contributed by atoms with Gasteiger partial charge in [-0.25, -0.2) is 0 Å². The van der Waals surface area contributed by atoms with Crippen LogP contribution in [-0.2, 0) is 0 Å². The molecule has 0 aliphatic heterocycles. The highest BCUT2D eigenvalue weighted by molar-refractivity contribution is 6.12. The van der Waals surface area contributed by atoms with Crippen molar-refractivity contribution < 1.29 is 0 Å². The van der Waals surface area contributed by atoms with E-state index in [-0.39, 0.29) is 0 Å². The lowest BCUT2D eigenvalue weighted by Gasteiger charge is -2.10. The van der Waals surface area contributed by atoms with Crippen LogP contribution in [0.15, 0.2) is 97.1 Å². The molecule has 0 atom stereocenters. The highest BCUT2D eigenvalue weighted by Gasteiger charge is 2.15. The Hall–Kier alpha value is -3.98. The second-order valence-corrected chi connectivity index (χ2v) is 7.70. The zero-order chi connectivity index (χ0) is 20.1. The smallest absolute Gasteiger partial charge is 0.169 e. The van der Waals surface area contributed by atoms with Crippen molar-refractivity contribution in [2.24, 2.45) is 0 Å². The average molecular weight is 385 g/mol. The molecule has 0 unspecified atom stereocenters. The highest BCUT2D eigenvalue weighted by atomic mass is 15.2. The van der Waals surface area contributed by atoms with Crippen LogP contribution in [0.5, 0.6) is 0 Å². The molecule has 0 saturated carbocycles. The molecular weight excluding hydrogens is 366 g/mol. The van der Waals surface area contributed by atoms with Crippen LogP contribution in [0, 0.1) is 6.92 Å². The molecule has 142 valence electrons. The maximum Gasteiger partial charge on any atom is 0.169 e. The molecule has 0 radical (unpaired) electrons. The van der Waals surface area contributed by atoms with Gasteiger partial charge in [0.2, 0.25) is 0 Å². The van der Waals surface area contributed by atoms with Crippen molar-refractivity contribution in [3.8, 4) is 22.5 Å². The number of benzene rings is 4. The standard InChI is InChI=1S/C27H19N3/c1-18-8-6-9-19(16-18)20-10-7-11-21(17-20)26-28-29-27-24-14-3-2-12-22(24)23-13-4-5-15-25(23)30(26)27/h2-17H,1H3. The Morgan fingerprint density at radius 3 is 2.07 bits per heavy atom. The molecule has 0 spiro atoms. The quantitative estimate of drug-likeness (QED) is 0.311. The molecule has 6 aromatic rings. The van der Waals surface area contributed by atoms with Gasteiger partial charge in [-0.2, -0.15) is 0 Å². The number of para-hydroxylation sites is 1. The number of fused-ring (bicyclic) bond motifs is 6. The predicted octanol–water partition coefficient (Wildman–Crippen LogP) is 6.68. The maximum atomic E-state index is 4.63. The minimum absolute atomic E-state index is 0.862. The van der Waals surface area contributed by atoms with Crippen LogP contribution < -0.4 is 0 Å². The molecule has 6 rings (SSSR count). The first kappa shape index (κ1) is 16.9. The molecule has 3 nitrogen and oxygen atoms in total. The number of hydrogen-bond acceptors (Lipinski definition) is 2. The van der Waals surface area contributed by atoms with Gasteiger partial charge in [0.1, 0.15) is 0 Å². The summed E-state index contributed by atoms with van der Waals surface area (Å²) in [5.41, 5.74) is 6.71.